The molecule has 6 heteroatoms. The van der Waals surface area contributed by atoms with E-state index in [2.05, 4.69) is 22.0 Å². The van der Waals surface area contributed by atoms with Crippen LogP contribution in [-0.2, 0) is 6.54 Å². The number of nitrogens with zero attached hydrogens (tertiary/aromatic N) is 1. The zero-order valence-corrected chi connectivity index (χ0v) is 15.7. The van der Waals surface area contributed by atoms with E-state index in [1.807, 2.05) is 12.1 Å². The van der Waals surface area contributed by atoms with Gasteiger partial charge < -0.3 is 14.5 Å². The molecule has 0 saturated carbocycles. The zero-order valence-electron chi connectivity index (χ0n) is 14.1. The van der Waals surface area contributed by atoms with E-state index in [1.165, 1.54) is 17.0 Å². The summed E-state index contributed by atoms with van der Waals surface area (Å²) in [4.78, 5) is 15.7. The van der Waals surface area contributed by atoms with Gasteiger partial charge >= 0.3 is 0 Å². The van der Waals surface area contributed by atoms with Crippen molar-refractivity contribution >= 4 is 21.8 Å². The molecule has 25 heavy (non-hydrogen) atoms. The van der Waals surface area contributed by atoms with E-state index in [9.17, 15) is 9.18 Å². The van der Waals surface area contributed by atoms with Gasteiger partial charge in [0.1, 0.15) is 18.1 Å². The fourth-order valence-electron chi connectivity index (χ4n) is 3.16. The van der Waals surface area contributed by atoms with Gasteiger partial charge in [-0.15, -0.1) is 0 Å². The first-order valence-corrected chi connectivity index (χ1v) is 9.07. The van der Waals surface area contributed by atoms with Crippen LogP contribution < -0.4 is 9.64 Å². The molecule has 132 valence electrons. The van der Waals surface area contributed by atoms with Gasteiger partial charge in [0.15, 0.2) is 0 Å². The molecule has 1 N–H and O–H groups in total. The predicted octanol–water partition coefficient (Wildman–Crippen LogP) is 2.14. The van der Waals surface area contributed by atoms with Crippen LogP contribution in [0.1, 0.15) is 15.9 Å². The molecule has 0 bridgehead atoms. The Labute approximate surface area is 155 Å². The van der Waals surface area contributed by atoms with Crippen molar-refractivity contribution in [3.63, 3.8) is 0 Å². The Hall–Kier alpha value is -1.92. The van der Waals surface area contributed by atoms with Crippen molar-refractivity contribution in [1.29, 1.82) is 0 Å². The first kappa shape index (κ1) is 17.9. The number of piperazine rings is 1. The van der Waals surface area contributed by atoms with E-state index in [0.29, 0.717) is 18.7 Å². The molecule has 0 atom stereocenters. The van der Waals surface area contributed by atoms with Crippen LogP contribution in [0, 0.1) is 5.82 Å². The molecule has 1 saturated heterocycles. The van der Waals surface area contributed by atoms with Crippen LogP contribution in [0.15, 0.2) is 46.9 Å². The monoisotopic (exact) mass is 407 g/mol. The highest BCUT2D eigenvalue weighted by Crippen LogP contribution is 2.22. The van der Waals surface area contributed by atoms with Gasteiger partial charge in [0, 0.05) is 15.6 Å². The van der Waals surface area contributed by atoms with Crippen LogP contribution >= 0.6 is 15.9 Å². The van der Waals surface area contributed by atoms with E-state index in [0.717, 1.165) is 35.4 Å². The van der Waals surface area contributed by atoms with Crippen LogP contribution in [0.4, 0.5) is 4.39 Å². The first-order valence-electron chi connectivity index (χ1n) is 8.27. The van der Waals surface area contributed by atoms with Gasteiger partial charge in [0.05, 0.1) is 33.3 Å². The maximum absolute atomic E-state index is 13.3. The van der Waals surface area contributed by atoms with Crippen LogP contribution in [0.5, 0.6) is 5.75 Å². The van der Waals surface area contributed by atoms with Gasteiger partial charge in [0.2, 0.25) is 0 Å². The van der Waals surface area contributed by atoms with Crippen molar-refractivity contribution in [2.45, 2.75) is 6.54 Å². The topological polar surface area (TPSA) is 34.0 Å². The Morgan fingerprint density at radius 3 is 2.68 bits per heavy atom. The normalized spacial score (nSPS) is 15.2. The lowest BCUT2D eigenvalue weighted by atomic mass is 10.1. The summed E-state index contributed by atoms with van der Waals surface area (Å²) in [5.41, 5.74) is 1.56. The minimum atomic E-state index is -0.378. The average molecular weight is 408 g/mol. The largest absolute Gasteiger partial charge is 0.496 e. The summed E-state index contributed by atoms with van der Waals surface area (Å²) < 4.78 is 19.8. The number of carbonyl (C=O) groups is 1. The quantitative estimate of drug-likeness (QED) is 0.842. The fourth-order valence-corrected chi connectivity index (χ4v) is 3.57. The number of quaternary nitrogens is 1. The number of hydrogen-bond donors (Lipinski definition) is 1. The molecule has 0 aliphatic carbocycles. The van der Waals surface area contributed by atoms with Crippen LogP contribution in [-0.4, -0.2) is 44.1 Å². The number of ether oxygens (including phenoxy) is 1. The molecule has 1 aliphatic rings. The molecule has 0 unspecified atom stereocenters. The highest BCUT2D eigenvalue weighted by Gasteiger charge is 2.25. The second kappa shape index (κ2) is 7.97. The van der Waals surface area contributed by atoms with Gasteiger partial charge in [-0.25, -0.2) is 4.39 Å². The number of rotatable bonds is 4. The van der Waals surface area contributed by atoms with Crippen LogP contribution in [0.2, 0.25) is 0 Å². The summed E-state index contributed by atoms with van der Waals surface area (Å²) in [5.74, 6) is 0.407. The Balaban J connectivity index is 1.61. The van der Waals surface area contributed by atoms with Crippen molar-refractivity contribution in [2.75, 3.05) is 33.3 Å². The molecule has 1 aliphatic heterocycles. The Morgan fingerprint density at radius 2 is 2.00 bits per heavy atom. The number of amides is 1. The number of halogens is 2. The molecule has 0 spiro atoms. The van der Waals surface area contributed by atoms with Gasteiger partial charge in [-0.3, -0.25) is 4.79 Å². The third-order valence-corrected chi connectivity index (χ3v) is 5.01. The van der Waals surface area contributed by atoms with Gasteiger partial charge in [0.25, 0.3) is 5.91 Å². The van der Waals surface area contributed by atoms with Gasteiger partial charge in [-0.05, 0) is 36.4 Å². The summed E-state index contributed by atoms with van der Waals surface area (Å²) in [6.45, 7) is 3.90. The SMILES string of the molecule is COc1ccc(Br)cc1C[NH+]1CCN(C(=O)c2cccc(F)c2)CC1. The van der Waals surface area contributed by atoms with Crippen molar-refractivity contribution in [2.24, 2.45) is 0 Å². The minimum absolute atomic E-state index is 0.0985. The summed E-state index contributed by atoms with van der Waals surface area (Å²) >= 11 is 3.50. The van der Waals surface area contributed by atoms with Crippen molar-refractivity contribution < 1.29 is 18.8 Å². The molecule has 4 nitrogen and oxygen atoms in total. The van der Waals surface area contributed by atoms with E-state index >= 15 is 0 Å². The summed E-state index contributed by atoms with van der Waals surface area (Å²) in [6.07, 6.45) is 0. The maximum atomic E-state index is 13.3. The lowest BCUT2D eigenvalue weighted by Crippen LogP contribution is -3.13. The van der Waals surface area contributed by atoms with E-state index in [-0.39, 0.29) is 11.7 Å². The molecule has 0 radical (unpaired) electrons. The third kappa shape index (κ3) is 4.38. The molecule has 1 fully saturated rings. The standard InChI is InChI=1S/C19H20BrFN2O2/c1-25-18-6-5-16(20)11-15(18)13-22-7-9-23(10-8-22)19(24)14-3-2-4-17(21)12-14/h2-6,11-12H,7-10,13H2,1H3/p+1. The summed E-state index contributed by atoms with van der Waals surface area (Å²) in [5, 5.41) is 0. The molecule has 0 aromatic heterocycles. The summed E-state index contributed by atoms with van der Waals surface area (Å²) in [6, 6.07) is 11.9. The molecule has 1 heterocycles. The van der Waals surface area contributed by atoms with Crippen molar-refractivity contribution in [1.82, 2.24) is 4.90 Å². The number of nitrogens with one attached hydrogen (secondary N) is 1. The van der Waals surface area contributed by atoms with Crippen LogP contribution in [0.3, 0.4) is 0 Å². The van der Waals surface area contributed by atoms with Crippen molar-refractivity contribution in [3.8, 4) is 5.75 Å². The maximum Gasteiger partial charge on any atom is 0.254 e. The second-order valence-corrected chi connectivity index (χ2v) is 7.10. The fraction of sp³-hybridized carbons (Fsp3) is 0.316. The smallest absolute Gasteiger partial charge is 0.254 e. The predicted molar refractivity (Wildman–Crippen MR) is 97.4 cm³/mol. The highest BCUT2D eigenvalue weighted by molar-refractivity contribution is 9.10. The minimum Gasteiger partial charge on any atom is -0.496 e. The van der Waals surface area contributed by atoms with Crippen LogP contribution in [0.25, 0.3) is 0 Å². The number of carbonyl (C=O) groups excluding carboxylic acids is 1. The molecule has 3 rings (SSSR count). The molecular weight excluding hydrogens is 387 g/mol. The van der Waals surface area contributed by atoms with E-state index in [4.69, 9.17) is 4.74 Å². The number of hydrogen-bond acceptors (Lipinski definition) is 2. The zero-order chi connectivity index (χ0) is 17.8. The molecule has 2 aromatic rings. The average Bonchev–Trinajstić information content (AvgIpc) is 2.62. The number of methoxy groups -OCH3 is 1. The Morgan fingerprint density at radius 1 is 1.24 bits per heavy atom. The Bertz CT molecular complexity index is 761. The lowest BCUT2D eigenvalue weighted by Gasteiger charge is -2.32. The third-order valence-electron chi connectivity index (χ3n) is 4.51. The second-order valence-electron chi connectivity index (χ2n) is 6.19. The van der Waals surface area contributed by atoms with Gasteiger partial charge in [-0.1, -0.05) is 22.0 Å². The van der Waals surface area contributed by atoms with E-state index < -0.39 is 0 Å². The lowest BCUT2D eigenvalue weighted by molar-refractivity contribution is -0.917. The van der Waals surface area contributed by atoms with Gasteiger partial charge in [-0.2, -0.15) is 0 Å². The molecule has 1 amide bonds. The Kier molecular flexibility index (Phi) is 5.71. The highest BCUT2D eigenvalue weighted by atomic mass is 79.9. The molecule has 2 aromatic carbocycles. The first-order chi connectivity index (χ1) is 12.1. The summed E-state index contributed by atoms with van der Waals surface area (Å²) in [7, 11) is 1.68. The van der Waals surface area contributed by atoms with Crippen molar-refractivity contribution in [3.05, 3.63) is 63.9 Å². The van der Waals surface area contributed by atoms with E-state index in [1.54, 1.807) is 24.1 Å². The number of benzene rings is 2. The molecular formula is C19H21BrFN2O2+.